The zero-order valence-electron chi connectivity index (χ0n) is 9.58. The predicted molar refractivity (Wildman–Crippen MR) is 69.4 cm³/mol. The van der Waals surface area contributed by atoms with Crippen molar-refractivity contribution in [2.45, 2.75) is 19.8 Å². The maximum Gasteiger partial charge on any atom is 0.233 e. The summed E-state index contributed by atoms with van der Waals surface area (Å²) in [5, 5.41) is 6.72. The quantitative estimate of drug-likeness (QED) is 0.805. The Hall–Kier alpha value is -0.650. The molecule has 0 spiro atoms. The molecule has 2 N–H and O–H groups in total. The minimum absolute atomic E-state index is 0. The Bertz CT molecular complexity index is 317. The third kappa shape index (κ3) is 5.44. The van der Waals surface area contributed by atoms with E-state index in [1.807, 2.05) is 6.20 Å². The lowest BCUT2D eigenvalue weighted by atomic mass is 10.4. The van der Waals surface area contributed by atoms with Gasteiger partial charge in [-0.2, -0.15) is 0 Å². The van der Waals surface area contributed by atoms with Crippen molar-refractivity contribution >= 4 is 29.7 Å². The van der Waals surface area contributed by atoms with E-state index >= 15 is 0 Å². The van der Waals surface area contributed by atoms with Gasteiger partial charge in [-0.15, -0.1) is 23.7 Å². The van der Waals surface area contributed by atoms with Crippen LogP contribution in [0.2, 0.25) is 0 Å². The number of nitrogens with one attached hydrogen (secondary N) is 2. The van der Waals surface area contributed by atoms with E-state index in [0.717, 1.165) is 17.8 Å². The van der Waals surface area contributed by atoms with Gasteiger partial charge in [0.05, 0.1) is 11.6 Å². The maximum atomic E-state index is 11.1. The fourth-order valence-electron chi connectivity index (χ4n) is 1.16. The van der Waals surface area contributed by atoms with E-state index < -0.39 is 0 Å². The first kappa shape index (κ1) is 15.3. The average molecular weight is 264 g/mol. The zero-order chi connectivity index (χ0) is 11.1. The van der Waals surface area contributed by atoms with Crippen LogP contribution in [0, 0.1) is 0 Å². The number of aryl methyl sites for hydroxylation is 1. The smallest absolute Gasteiger partial charge is 0.233 e. The molecule has 0 aliphatic rings. The van der Waals surface area contributed by atoms with Crippen molar-refractivity contribution < 1.29 is 4.79 Å². The number of carbonyl (C=O) groups excluding carboxylic acids is 1. The van der Waals surface area contributed by atoms with Crippen LogP contribution in [0.3, 0.4) is 0 Å². The Morgan fingerprint density at radius 3 is 2.88 bits per heavy atom. The van der Waals surface area contributed by atoms with Gasteiger partial charge in [-0.3, -0.25) is 4.79 Å². The number of likely N-dealkylation sites (N-methyl/N-ethyl adjacent to an activating group) is 1. The third-order valence-corrected chi connectivity index (χ3v) is 3.15. The molecular weight excluding hydrogens is 246 g/mol. The highest BCUT2D eigenvalue weighted by molar-refractivity contribution is 7.11. The summed E-state index contributed by atoms with van der Waals surface area (Å²) in [6.45, 7) is 3.15. The standard InChI is InChI=1S/C10H17N3OS.ClH/c1-3-8-6-13-10(15-8)4-5-12-9(14)7-11-2;/h6,11H,3-5,7H2,1-2H3,(H,12,14);1H. The van der Waals surface area contributed by atoms with Crippen LogP contribution in [0.1, 0.15) is 16.8 Å². The first-order valence-corrected chi connectivity index (χ1v) is 5.92. The molecular formula is C10H18ClN3OS. The normalized spacial score (nSPS) is 9.62. The summed E-state index contributed by atoms with van der Waals surface area (Å²) < 4.78 is 0. The van der Waals surface area contributed by atoms with E-state index in [0.29, 0.717) is 13.1 Å². The summed E-state index contributed by atoms with van der Waals surface area (Å²) in [7, 11) is 1.76. The van der Waals surface area contributed by atoms with Crippen molar-refractivity contribution in [1.29, 1.82) is 0 Å². The molecule has 0 saturated carbocycles. The Balaban J connectivity index is 0.00000225. The van der Waals surface area contributed by atoms with Crippen LogP contribution >= 0.6 is 23.7 Å². The highest BCUT2D eigenvalue weighted by Crippen LogP contribution is 2.13. The highest BCUT2D eigenvalue weighted by Gasteiger charge is 2.02. The number of halogens is 1. The van der Waals surface area contributed by atoms with Crippen molar-refractivity contribution in [3.63, 3.8) is 0 Å². The number of amides is 1. The van der Waals surface area contributed by atoms with Crippen LogP contribution < -0.4 is 10.6 Å². The summed E-state index contributed by atoms with van der Waals surface area (Å²) in [5.74, 6) is 0.0322. The lowest BCUT2D eigenvalue weighted by Gasteiger charge is -2.02. The van der Waals surface area contributed by atoms with Gasteiger partial charge in [-0.1, -0.05) is 6.92 Å². The van der Waals surface area contributed by atoms with Gasteiger partial charge >= 0.3 is 0 Å². The summed E-state index contributed by atoms with van der Waals surface area (Å²) in [6.07, 6.45) is 3.76. The van der Waals surface area contributed by atoms with Gasteiger partial charge < -0.3 is 10.6 Å². The Kier molecular flexibility index (Phi) is 8.15. The van der Waals surface area contributed by atoms with Gasteiger partial charge in [0.1, 0.15) is 0 Å². The second-order valence-electron chi connectivity index (χ2n) is 3.20. The summed E-state index contributed by atoms with van der Waals surface area (Å²) in [5.41, 5.74) is 0. The van der Waals surface area contributed by atoms with Crippen LogP contribution in [-0.2, 0) is 17.6 Å². The van der Waals surface area contributed by atoms with Crippen molar-refractivity contribution in [3.05, 3.63) is 16.1 Å². The molecule has 1 aromatic heterocycles. The van der Waals surface area contributed by atoms with E-state index in [-0.39, 0.29) is 18.3 Å². The predicted octanol–water partition coefficient (Wildman–Crippen LogP) is 1.01. The molecule has 0 radical (unpaired) electrons. The molecule has 1 amide bonds. The van der Waals surface area contributed by atoms with Gasteiger partial charge in [0.25, 0.3) is 0 Å². The van der Waals surface area contributed by atoms with E-state index in [9.17, 15) is 4.79 Å². The Labute approximate surface area is 106 Å². The fourth-order valence-corrected chi connectivity index (χ4v) is 2.02. The maximum absolute atomic E-state index is 11.1. The van der Waals surface area contributed by atoms with Gasteiger partial charge in [0.15, 0.2) is 0 Å². The zero-order valence-corrected chi connectivity index (χ0v) is 11.2. The minimum atomic E-state index is 0. The van der Waals surface area contributed by atoms with Crippen molar-refractivity contribution in [1.82, 2.24) is 15.6 Å². The third-order valence-electron chi connectivity index (χ3n) is 1.95. The van der Waals surface area contributed by atoms with Crippen LogP contribution in [0.15, 0.2) is 6.20 Å². The molecule has 0 unspecified atom stereocenters. The van der Waals surface area contributed by atoms with Crippen molar-refractivity contribution in [2.24, 2.45) is 0 Å². The van der Waals surface area contributed by atoms with Gasteiger partial charge in [-0.25, -0.2) is 4.98 Å². The van der Waals surface area contributed by atoms with Crippen LogP contribution in [-0.4, -0.2) is 31.0 Å². The Morgan fingerprint density at radius 1 is 1.56 bits per heavy atom. The molecule has 0 atom stereocenters. The molecule has 16 heavy (non-hydrogen) atoms. The Morgan fingerprint density at radius 2 is 2.31 bits per heavy atom. The minimum Gasteiger partial charge on any atom is -0.355 e. The van der Waals surface area contributed by atoms with E-state index in [2.05, 4.69) is 22.5 Å². The van der Waals surface area contributed by atoms with E-state index in [1.54, 1.807) is 18.4 Å². The van der Waals surface area contributed by atoms with Crippen LogP contribution in [0.25, 0.3) is 0 Å². The van der Waals surface area contributed by atoms with Gasteiger partial charge in [0.2, 0.25) is 5.91 Å². The molecule has 1 aromatic rings. The molecule has 1 rings (SSSR count). The highest BCUT2D eigenvalue weighted by atomic mass is 35.5. The number of thiazole rings is 1. The number of nitrogens with zero attached hydrogens (tertiary/aromatic N) is 1. The largest absolute Gasteiger partial charge is 0.355 e. The first-order chi connectivity index (χ1) is 7.26. The summed E-state index contributed by atoms with van der Waals surface area (Å²) in [4.78, 5) is 16.7. The summed E-state index contributed by atoms with van der Waals surface area (Å²) >= 11 is 1.72. The van der Waals surface area contributed by atoms with Crippen molar-refractivity contribution in [3.8, 4) is 0 Å². The monoisotopic (exact) mass is 263 g/mol. The molecule has 6 heteroatoms. The topological polar surface area (TPSA) is 54.0 Å². The fraction of sp³-hybridized carbons (Fsp3) is 0.600. The van der Waals surface area contributed by atoms with E-state index in [1.165, 1.54) is 4.88 Å². The molecule has 92 valence electrons. The first-order valence-electron chi connectivity index (χ1n) is 5.11. The van der Waals surface area contributed by atoms with Crippen molar-refractivity contribution in [2.75, 3.05) is 20.1 Å². The lowest BCUT2D eigenvalue weighted by Crippen LogP contribution is -2.33. The molecule has 0 bridgehead atoms. The molecule has 0 saturated heterocycles. The number of carbonyl (C=O) groups is 1. The van der Waals surface area contributed by atoms with Gasteiger partial charge in [-0.05, 0) is 13.5 Å². The molecule has 0 aliphatic carbocycles. The average Bonchev–Trinajstić information content (AvgIpc) is 2.66. The molecule has 0 fully saturated rings. The SMILES string of the molecule is CCc1cnc(CCNC(=O)CNC)s1.Cl. The molecule has 1 heterocycles. The second-order valence-corrected chi connectivity index (χ2v) is 4.40. The molecule has 0 aliphatic heterocycles. The van der Waals surface area contributed by atoms with E-state index in [4.69, 9.17) is 0 Å². The second kappa shape index (κ2) is 8.50. The van der Waals surface area contributed by atoms with Crippen LogP contribution in [0.5, 0.6) is 0 Å². The number of aromatic nitrogens is 1. The summed E-state index contributed by atoms with van der Waals surface area (Å²) in [6, 6.07) is 0. The van der Waals surface area contributed by atoms with Crippen LogP contribution in [0.4, 0.5) is 0 Å². The molecule has 4 nitrogen and oxygen atoms in total. The number of rotatable bonds is 6. The number of hydrogen-bond donors (Lipinski definition) is 2. The van der Waals surface area contributed by atoms with Gasteiger partial charge in [0, 0.05) is 24.0 Å². The lowest BCUT2D eigenvalue weighted by molar-refractivity contribution is -0.120. The molecule has 0 aromatic carbocycles. The number of hydrogen-bond acceptors (Lipinski definition) is 4.